The van der Waals surface area contributed by atoms with Gasteiger partial charge in [-0.3, -0.25) is 14.9 Å². The molecule has 0 aliphatic rings. The van der Waals surface area contributed by atoms with E-state index in [1.165, 1.54) is 25.3 Å². The van der Waals surface area contributed by atoms with Gasteiger partial charge in [-0.2, -0.15) is 5.26 Å². The maximum atomic E-state index is 11.3. The summed E-state index contributed by atoms with van der Waals surface area (Å²) in [5.41, 5.74) is 0.468. The highest BCUT2D eigenvalue weighted by Crippen LogP contribution is 2.24. The van der Waals surface area contributed by atoms with E-state index in [9.17, 15) is 14.9 Å². The number of nitro groups is 1. The van der Waals surface area contributed by atoms with E-state index in [-0.39, 0.29) is 17.8 Å². The van der Waals surface area contributed by atoms with E-state index in [0.29, 0.717) is 12.2 Å². The molecular formula is C12H13N3O4. The molecule has 7 heteroatoms. The molecule has 0 aromatic heterocycles. The number of non-ortho nitro benzene ring substituents is 1. The number of rotatable bonds is 5. The number of hydrogen-bond acceptors (Lipinski definition) is 6. The van der Waals surface area contributed by atoms with E-state index in [2.05, 4.69) is 4.74 Å². The zero-order valence-electron chi connectivity index (χ0n) is 10.6. The molecule has 1 aromatic carbocycles. The van der Waals surface area contributed by atoms with Gasteiger partial charge in [0.15, 0.2) is 0 Å². The fraction of sp³-hybridized carbons (Fsp3) is 0.333. The Morgan fingerprint density at radius 3 is 2.74 bits per heavy atom. The third kappa shape index (κ3) is 3.42. The molecule has 0 saturated heterocycles. The minimum atomic E-state index is -0.568. The van der Waals surface area contributed by atoms with Crippen LogP contribution in [0.5, 0.6) is 0 Å². The predicted octanol–water partition coefficient (Wildman–Crippen LogP) is 1.47. The topological polar surface area (TPSA) is 96.5 Å². The van der Waals surface area contributed by atoms with Crippen LogP contribution in [0.15, 0.2) is 18.2 Å². The lowest BCUT2D eigenvalue weighted by atomic mass is 10.1. The molecule has 1 aromatic rings. The van der Waals surface area contributed by atoms with Crippen LogP contribution in [-0.2, 0) is 9.53 Å². The first-order valence-corrected chi connectivity index (χ1v) is 5.53. The number of carbonyl (C=O) groups excluding carboxylic acids is 1. The van der Waals surface area contributed by atoms with Gasteiger partial charge in [0.25, 0.3) is 5.69 Å². The van der Waals surface area contributed by atoms with Crippen molar-refractivity contribution in [3.63, 3.8) is 0 Å². The van der Waals surface area contributed by atoms with Crippen LogP contribution in [0.3, 0.4) is 0 Å². The van der Waals surface area contributed by atoms with Crippen molar-refractivity contribution >= 4 is 17.3 Å². The normalized spacial score (nSPS) is 9.53. The molecule has 0 amide bonds. The van der Waals surface area contributed by atoms with E-state index in [1.54, 1.807) is 4.90 Å². The molecule has 100 valence electrons. The van der Waals surface area contributed by atoms with Gasteiger partial charge in [0.2, 0.25) is 0 Å². The number of benzene rings is 1. The minimum absolute atomic E-state index is 0.0144. The maximum Gasteiger partial charge on any atom is 0.325 e. The van der Waals surface area contributed by atoms with Gasteiger partial charge in [-0.25, -0.2) is 0 Å². The smallest absolute Gasteiger partial charge is 0.325 e. The molecule has 0 saturated carbocycles. The molecule has 0 aliphatic carbocycles. The van der Waals surface area contributed by atoms with E-state index in [1.807, 2.05) is 13.0 Å². The number of likely N-dealkylation sites (N-methyl/N-ethyl adjacent to an activating group) is 1. The van der Waals surface area contributed by atoms with E-state index < -0.39 is 10.9 Å². The average molecular weight is 263 g/mol. The summed E-state index contributed by atoms with van der Waals surface area (Å²) in [6.45, 7) is 2.27. The van der Waals surface area contributed by atoms with Crippen LogP contribution in [0.2, 0.25) is 0 Å². The van der Waals surface area contributed by atoms with Crippen LogP contribution in [-0.4, -0.2) is 31.1 Å². The molecule has 0 atom stereocenters. The zero-order valence-corrected chi connectivity index (χ0v) is 10.6. The van der Waals surface area contributed by atoms with Crippen molar-refractivity contribution in [2.75, 3.05) is 25.1 Å². The number of nitro benzene ring substituents is 1. The number of ether oxygens (including phenoxy) is 1. The van der Waals surface area contributed by atoms with Crippen LogP contribution >= 0.6 is 0 Å². The van der Waals surface area contributed by atoms with Crippen molar-refractivity contribution in [3.05, 3.63) is 33.9 Å². The maximum absolute atomic E-state index is 11.3. The lowest BCUT2D eigenvalue weighted by Crippen LogP contribution is -2.30. The van der Waals surface area contributed by atoms with E-state index >= 15 is 0 Å². The molecule has 0 fully saturated rings. The Hall–Kier alpha value is -2.62. The van der Waals surface area contributed by atoms with Gasteiger partial charge in [0.1, 0.15) is 12.6 Å². The van der Waals surface area contributed by atoms with Crippen molar-refractivity contribution in [2.45, 2.75) is 6.92 Å². The Morgan fingerprint density at radius 1 is 1.58 bits per heavy atom. The van der Waals surface area contributed by atoms with Crippen LogP contribution in [0, 0.1) is 21.4 Å². The van der Waals surface area contributed by atoms with E-state index in [4.69, 9.17) is 5.26 Å². The van der Waals surface area contributed by atoms with Crippen molar-refractivity contribution in [1.29, 1.82) is 5.26 Å². The summed E-state index contributed by atoms with van der Waals surface area (Å²) in [6, 6.07) is 5.85. The summed E-state index contributed by atoms with van der Waals surface area (Å²) in [6.07, 6.45) is 0. The van der Waals surface area contributed by atoms with Gasteiger partial charge in [0, 0.05) is 18.7 Å². The van der Waals surface area contributed by atoms with E-state index in [0.717, 1.165) is 0 Å². The second-order valence-corrected chi connectivity index (χ2v) is 3.66. The molecule has 7 nitrogen and oxygen atoms in total. The number of nitriles is 1. The summed E-state index contributed by atoms with van der Waals surface area (Å²) < 4.78 is 4.57. The molecule has 0 bridgehead atoms. The second kappa shape index (κ2) is 6.35. The molecular weight excluding hydrogens is 250 g/mol. The van der Waals surface area contributed by atoms with Crippen LogP contribution < -0.4 is 4.90 Å². The molecule has 0 unspecified atom stereocenters. The highest BCUT2D eigenvalue weighted by molar-refractivity contribution is 5.77. The second-order valence-electron chi connectivity index (χ2n) is 3.66. The number of nitrogens with zero attached hydrogens (tertiary/aromatic N) is 3. The highest BCUT2D eigenvalue weighted by atomic mass is 16.6. The Morgan fingerprint density at radius 2 is 2.26 bits per heavy atom. The molecule has 0 heterocycles. The third-order valence-electron chi connectivity index (χ3n) is 2.58. The first-order valence-electron chi connectivity index (χ1n) is 5.53. The third-order valence-corrected chi connectivity index (χ3v) is 2.58. The zero-order chi connectivity index (χ0) is 14.4. The van der Waals surface area contributed by atoms with Crippen molar-refractivity contribution in [3.8, 4) is 6.07 Å². The quantitative estimate of drug-likeness (QED) is 0.453. The average Bonchev–Trinajstić information content (AvgIpc) is 2.43. The number of carbonyl (C=O) groups is 1. The summed E-state index contributed by atoms with van der Waals surface area (Å²) >= 11 is 0. The first-order chi connectivity index (χ1) is 9.03. The first kappa shape index (κ1) is 14.4. The van der Waals surface area contributed by atoms with Gasteiger partial charge >= 0.3 is 5.97 Å². The molecule has 0 aliphatic heterocycles. The van der Waals surface area contributed by atoms with Gasteiger partial charge in [-0.05, 0) is 13.0 Å². The monoisotopic (exact) mass is 263 g/mol. The van der Waals surface area contributed by atoms with Crippen LogP contribution in [0.4, 0.5) is 11.4 Å². The fourth-order valence-corrected chi connectivity index (χ4v) is 1.59. The van der Waals surface area contributed by atoms with Gasteiger partial charge < -0.3 is 9.64 Å². The van der Waals surface area contributed by atoms with Crippen molar-refractivity contribution < 1.29 is 14.5 Å². The number of methoxy groups -OCH3 is 1. The highest BCUT2D eigenvalue weighted by Gasteiger charge is 2.17. The standard InChI is InChI=1S/C12H13N3O4/c1-3-14(8-12(16)19-2)11-5-4-10(15(17)18)6-9(11)7-13/h4-6H,3,8H2,1-2H3. The van der Waals surface area contributed by atoms with Crippen molar-refractivity contribution in [2.24, 2.45) is 0 Å². The minimum Gasteiger partial charge on any atom is -0.468 e. The molecule has 0 N–H and O–H groups in total. The summed E-state index contributed by atoms with van der Waals surface area (Å²) in [7, 11) is 1.28. The summed E-state index contributed by atoms with van der Waals surface area (Å²) in [4.78, 5) is 23.0. The van der Waals surface area contributed by atoms with Crippen LogP contribution in [0.25, 0.3) is 0 Å². The Labute approximate surface area is 110 Å². The number of esters is 1. The van der Waals surface area contributed by atoms with Crippen molar-refractivity contribution in [1.82, 2.24) is 0 Å². The van der Waals surface area contributed by atoms with Gasteiger partial charge in [0.05, 0.1) is 23.3 Å². The molecule has 0 spiro atoms. The van der Waals surface area contributed by atoms with Crippen LogP contribution in [0.1, 0.15) is 12.5 Å². The Kier molecular flexibility index (Phi) is 4.83. The summed E-state index contributed by atoms with van der Waals surface area (Å²) in [5, 5.41) is 19.7. The van der Waals surface area contributed by atoms with Gasteiger partial charge in [-0.1, -0.05) is 0 Å². The number of hydrogen-bond donors (Lipinski definition) is 0. The molecule has 0 radical (unpaired) electrons. The predicted molar refractivity (Wildman–Crippen MR) is 67.7 cm³/mol. The molecule has 19 heavy (non-hydrogen) atoms. The fourth-order valence-electron chi connectivity index (χ4n) is 1.59. The van der Waals surface area contributed by atoms with Gasteiger partial charge in [-0.15, -0.1) is 0 Å². The largest absolute Gasteiger partial charge is 0.468 e. The Balaban J connectivity index is 3.14. The summed E-state index contributed by atoms with van der Waals surface area (Å²) in [5.74, 6) is -0.441. The lowest BCUT2D eigenvalue weighted by Gasteiger charge is -2.22. The number of anilines is 1. The SMILES string of the molecule is CCN(CC(=O)OC)c1ccc([N+](=O)[O-])cc1C#N. The lowest BCUT2D eigenvalue weighted by molar-refractivity contribution is -0.384. The Bertz CT molecular complexity index is 536. The molecule has 1 rings (SSSR count).